The highest BCUT2D eigenvalue weighted by molar-refractivity contribution is 7.46. The zero-order valence-corrected chi connectivity index (χ0v) is 39.9. The molecule has 0 radical (unpaired) electrons. The number of phosphoric acid groups is 1. The molecule has 0 spiro atoms. The highest BCUT2D eigenvalue weighted by atomic mass is 31.2. The lowest BCUT2D eigenvalue weighted by Crippen LogP contribution is -2.46. The number of aliphatic hydroxyl groups excluding tert-OH is 1. The fraction of sp³-hybridized carbons (Fsp3) is 0.980. The lowest BCUT2D eigenvalue weighted by Gasteiger charge is -2.24. The van der Waals surface area contributed by atoms with E-state index in [1.165, 1.54) is 231 Å². The number of nitrogens with one attached hydrogen (secondary N) is 1. The molecule has 0 heterocycles. The molecule has 1 amide bonds. The van der Waals surface area contributed by atoms with E-state index in [0.717, 1.165) is 38.5 Å². The van der Waals surface area contributed by atoms with Crippen molar-refractivity contribution in [3.63, 3.8) is 0 Å². The van der Waals surface area contributed by atoms with Gasteiger partial charge in [-0.1, -0.05) is 277 Å². The quantitative estimate of drug-likeness (QED) is 0.0358. The van der Waals surface area contributed by atoms with Crippen LogP contribution in [0.25, 0.3) is 0 Å². The van der Waals surface area contributed by atoms with Gasteiger partial charge in [-0.15, -0.1) is 0 Å². The van der Waals surface area contributed by atoms with Crippen molar-refractivity contribution in [1.82, 2.24) is 5.32 Å². The second kappa shape index (κ2) is 46.1. The zero-order chi connectivity index (χ0) is 42.5. The van der Waals surface area contributed by atoms with Crippen LogP contribution in [-0.4, -0.2) is 39.6 Å². The summed E-state index contributed by atoms with van der Waals surface area (Å²) in [5.74, 6) is -0.185. The molecule has 0 aliphatic rings. The monoisotopic (exact) mass is 844 g/mol. The van der Waals surface area contributed by atoms with Crippen LogP contribution in [0.5, 0.6) is 0 Å². The minimum atomic E-state index is -4.69. The van der Waals surface area contributed by atoms with Gasteiger partial charge < -0.3 is 20.2 Å². The average molecular weight is 844 g/mol. The summed E-state index contributed by atoms with van der Waals surface area (Å²) >= 11 is 0. The molecule has 0 saturated heterocycles. The standard InChI is InChI=1S/C50H102NO6P/c1-3-5-7-9-11-13-15-17-19-21-22-23-24-25-26-27-28-29-30-32-34-36-38-40-42-44-46-50(53)51-48(47-57-58(54,55)56)49(52)45-43-41-39-37-35-33-31-20-18-16-14-12-10-8-6-4-2/h48-49,52H,3-47H2,1-2H3,(H,51,53)(H2,54,55,56)/t48-,49+/m0/s1. The van der Waals surface area contributed by atoms with Crippen molar-refractivity contribution >= 4 is 13.7 Å². The molecule has 7 nitrogen and oxygen atoms in total. The summed E-state index contributed by atoms with van der Waals surface area (Å²) in [6, 6.07) is -0.819. The topological polar surface area (TPSA) is 116 Å². The lowest BCUT2D eigenvalue weighted by atomic mass is 10.0. The molecule has 8 heteroatoms. The smallest absolute Gasteiger partial charge is 0.391 e. The fourth-order valence-electron chi connectivity index (χ4n) is 8.41. The van der Waals surface area contributed by atoms with E-state index in [9.17, 15) is 24.3 Å². The molecule has 0 aliphatic carbocycles. The molecule has 0 fully saturated rings. The van der Waals surface area contributed by atoms with Gasteiger partial charge in [0.2, 0.25) is 5.91 Å². The number of carbonyl (C=O) groups excluding carboxylic acids is 1. The van der Waals surface area contributed by atoms with Crippen LogP contribution >= 0.6 is 7.82 Å². The average Bonchev–Trinajstić information content (AvgIpc) is 3.20. The highest BCUT2D eigenvalue weighted by Gasteiger charge is 2.25. The number of hydrogen-bond donors (Lipinski definition) is 4. The van der Waals surface area contributed by atoms with Crippen LogP contribution in [0.1, 0.15) is 296 Å². The fourth-order valence-corrected chi connectivity index (χ4v) is 8.76. The Morgan fingerprint density at radius 2 is 0.672 bits per heavy atom. The maximum atomic E-state index is 12.7. The van der Waals surface area contributed by atoms with E-state index < -0.39 is 26.6 Å². The molecule has 0 aromatic heterocycles. The molecule has 2 atom stereocenters. The van der Waals surface area contributed by atoms with Gasteiger partial charge >= 0.3 is 7.82 Å². The maximum absolute atomic E-state index is 12.7. The van der Waals surface area contributed by atoms with E-state index >= 15 is 0 Å². The van der Waals surface area contributed by atoms with E-state index in [-0.39, 0.29) is 5.91 Å². The number of aliphatic hydroxyl groups is 1. The van der Waals surface area contributed by atoms with Crippen molar-refractivity contribution in [2.75, 3.05) is 6.61 Å². The van der Waals surface area contributed by atoms with Crippen LogP contribution in [0, 0.1) is 0 Å². The molecule has 0 aliphatic heterocycles. The third kappa shape index (κ3) is 46.6. The number of carbonyl (C=O) groups is 1. The molecular formula is C50H102NO6P. The number of rotatable bonds is 49. The SMILES string of the molecule is CCCCCCCCCCCCCCCCCCCCCCCCCCCCC(=O)N[C@@H](COP(=O)(O)O)[C@H](O)CCCCCCCCCCCCCCCCCC. The first-order chi connectivity index (χ1) is 28.3. The second-order valence-electron chi connectivity index (χ2n) is 18.2. The van der Waals surface area contributed by atoms with Crippen LogP contribution in [0.2, 0.25) is 0 Å². The number of phosphoric ester groups is 1. The van der Waals surface area contributed by atoms with Crippen LogP contribution in [0.4, 0.5) is 0 Å². The molecule has 0 unspecified atom stereocenters. The zero-order valence-electron chi connectivity index (χ0n) is 39.0. The van der Waals surface area contributed by atoms with Crippen LogP contribution in [-0.2, 0) is 13.9 Å². The van der Waals surface area contributed by atoms with Crippen LogP contribution < -0.4 is 5.32 Å². The van der Waals surface area contributed by atoms with Gasteiger partial charge in [0, 0.05) is 6.42 Å². The van der Waals surface area contributed by atoms with Gasteiger partial charge in [0.25, 0.3) is 0 Å². The van der Waals surface area contributed by atoms with Crippen molar-refractivity contribution < 1.29 is 28.8 Å². The molecule has 0 rings (SSSR count). The summed E-state index contributed by atoms with van der Waals surface area (Å²) in [5.41, 5.74) is 0. The predicted molar refractivity (Wildman–Crippen MR) is 250 cm³/mol. The third-order valence-corrected chi connectivity index (χ3v) is 12.8. The summed E-state index contributed by atoms with van der Waals surface area (Å²) in [6.07, 6.45) is 55.4. The van der Waals surface area contributed by atoms with Gasteiger partial charge in [-0.2, -0.15) is 0 Å². The third-order valence-electron chi connectivity index (χ3n) is 12.3. The molecule has 0 bridgehead atoms. The van der Waals surface area contributed by atoms with Crippen LogP contribution in [0.15, 0.2) is 0 Å². The van der Waals surface area contributed by atoms with Crippen molar-refractivity contribution in [2.45, 2.75) is 309 Å². The number of hydrogen-bond acceptors (Lipinski definition) is 4. The molecule has 0 aromatic carbocycles. The normalized spacial score (nSPS) is 13.0. The molecule has 0 saturated carbocycles. The van der Waals surface area contributed by atoms with Crippen molar-refractivity contribution in [3.05, 3.63) is 0 Å². The Kier molecular flexibility index (Phi) is 45.7. The second-order valence-corrected chi connectivity index (χ2v) is 19.4. The Balaban J connectivity index is 3.72. The van der Waals surface area contributed by atoms with Crippen molar-refractivity contribution in [3.8, 4) is 0 Å². The Morgan fingerprint density at radius 1 is 0.431 bits per heavy atom. The Labute approximate surface area is 361 Å². The minimum absolute atomic E-state index is 0.185. The van der Waals surface area contributed by atoms with E-state index in [4.69, 9.17) is 4.52 Å². The first-order valence-electron chi connectivity index (χ1n) is 26.0. The van der Waals surface area contributed by atoms with Gasteiger partial charge in [-0.25, -0.2) is 4.57 Å². The van der Waals surface area contributed by atoms with E-state index in [1.54, 1.807) is 0 Å². The molecule has 0 aromatic rings. The maximum Gasteiger partial charge on any atom is 0.469 e. The predicted octanol–water partition coefficient (Wildman–Crippen LogP) is 16.1. The summed E-state index contributed by atoms with van der Waals surface area (Å²) in [6.45, 7) is 4.17. The van der Waals surface area contributed by atoms with E-state index in [2.05, 4.69) is 19.2 Å². The molecule has 348 valence electrons. The van der Waals surface area contributed by atoms with Gasteiger partial charge in [0.1, 0.15) is 0 Å². The Hall–Kier alpha value is -0.460. The van der Waals surface area contributed by atoms with E-state index in [1.807, 2.05) is 0 Å². The Morgan fingerprint density at radius 3 is 0.931 bits per heavy atom. The van der Waals surface area contributed by atoms with Gasteiger partial charge in [-0.3, -0.25) is 9.32 Å². The first kappa shape index (κ1) is 57.5. The molecular weight excluding hydrogens is 742 g/mol. The number of amides is 1. The minimum Gasteiger partial charge on any atom is -0.391 e. The summed E-state index contributed by atoms with van der Waals surface area (Å²) in [7, 11) is -4.69. The number of unbranched alkanes of at least 4 members (excludes halogenated alkanes) is 40. The summed E-state index contributed by atoms with van der Waals surface area (Å²) in [5, 5.41) is 13.6. The van der Waals surface area contributed by atoms with Crippen molar-refractivity contribution in [2.24, 2.45) is 0 Å². The highest BCUT2D eigenvalue weighted by Crippen LogP contribution is 2.36. The van der Waals surface area contributed by atoms with Gasteiger partial charge in [0.15, 0.2) is 0 Å². The molecule has 4 N–H and O–H groups in total. The Bertz CT molecular complexity index is 869. The first-order valence-corrected chi connectivity index (χ1v) is 27.5. The molecule has 58 heavy (non-hydrogen) atoms. The largest absolute Gasteiger partial charge is 0.469 e. The van der Waals surface area contributed by atoms with Gasteiger partial charge in [-0.05, 0) is 12.8 Å². The summed E-state index contributed by atoms with van der Waals surface area (Å²) in [4.78, 5) is 31.1. The van der Waals surface area contributed by atoms with E-state index in [0.29, 0.717) is 12.8 Å². The van der Waals surface area contributed by atoms with Gasteiger partial charge in [0.05, 0.1) is 18.8 Å². The lowest BCUT2D eigenvalue weighted by molar-refractivity contribution is -0.123. The van der Waals surface area contributed by atoms with Crippen LogP contribution in [0.3, 0.4) is 0 Å². The summed E-state index contributed by atoms with van der Waals surface area (Å²) < 4.78 is 16.0. The van der Waals surface area contributed by atoms with Crippen molar-refractivity contribution in [1.29, 1.82) is 0 Å².